The number of likely N-dealkylation sites (tertiary alicyclic amines) is 1. The van der Waals surface area contributed by atoms with Crippen molar-refractivity contribution in [1.82, 2.24) is 10.2 Å². The summed E-state index contributed by atoms with van der Waals surface area (Å²) in [5.74, 6) is 0.164. The number of carbonyl (C=O) groups is 1. The summed E-state index contributed by atoms with van der Waals surface area (Å²) in [6.45, 7) is 4.96. The summed E-state index contributed by atoms with van der Waals surface area (Å²) in [5, 5.41) is 3.18. The average Bonchev–Trinajstić information content (AvgIpc) is 2.95. The molecule has 1 amide bonds. The fraction of sp³-hybridized carbons (Fsp3) is 0.588. The molecule has 0 saturated carbocycles. The van der Waals surface area contributed by atoms with Gasteiger partial charge in [-0.15, -0.1) is 0 Å². The van der Waals surface area contributed by atoms with E-state index in [1.807, 2.05) is 36.2 Å². The third kappa shape index (κ3) is 3.76. The molecular formula is C17H27N3O. The lowest BCUT2D eigenvalue weighted by Gasteiger charge is -2.25. The highest BCUT2D eigenvalue weighted by molar-refractivity contribution is 5.95. The van der Waals surface area contributed by atoms with Gasteiger partial charge in [0, 0.05) is 44.0 Å². The van der Waals surface area contributed by atoms with Crippen molar-refractivity contribution in [1.29, 1.82) is 0 Å². The molecule has 1 atom stereocenters. The zero-order valence-corrected chi connectivity index (χ0v) is 13.4. The maximum atomic E-state index is 12.6. The molecule has 4 nitrogen and oxygen atoms in total. The van der Waals surface area contributed by atoms with E-state index >= 15 is 0 Å². The molecule has 2 rings (SSSR count). The fourth-order valence-corrected chi connectivity index (χ4v) is 3.04. The van der Waals surface area contributed by atoms with E-state index in [-0.39, 0.29) is 5.91 Å². The first-order valence-electron chi connectivity index (χ1n) is 7.94. The van der Waals surface area contributed by atoms with Crippen LogP contribution >= 0.6 is 0 Å². The highest BCUT2D eigenvalue weighted by Gasteiger charge is 2.28. The Morgan fingerprint density at radius 2 is 2.10 bits per heavy atom. The van der Waals surface area contributed by atoms with Crippen molar-refractivity contribution in [2.75, 3.05) is 38.6 Å². The van der Waals surface area contributed by atoms with E-state index in [0.717, 1.165) is 44.5 Å². The van der Waals surface area contributed by atoms with E-state index in [9.17, 15) is 4.79 Å². The summed E-state index contributed by atoms with van der Waals surface area (Å²) in [5.41, 5.74) is 1.97. The predicted octanol–water partition coefficient (Wildman–Crippen LogP) is 2.36. The molecule has 1 N–H and O–H groups in total. The van der Waals surface area contributed by atoms with Crippen molar-refractivity contribution < 1.29 is 4.79 Å². The molecule has 1 aromatic carbocycles. The summed E-state index contributed by atoms with van der Waals surface area (Å²) in [6, 6.07) is 8.35. The Hall–Kier alpha value is -1.55. The van der Waals surface area contributed by atoms with Crippen LogP contribution in [-0.2, 0) is 0 Å². The highest BCUT2D eigenvalue weighted by atomic mass is 16.2. The molecule has 0 aromatic heterocycles. The Morgan fingerprint density at radius 1 is 1.38 bits per heavy atom. The van der Waals surface area contributed by atoms with Gasteiger partial charge < -0.3 is 15.1 Å². The summed E-state index contributed by atoms with van der Waals surface area (Å²) >= 11 is 0. The number of hydrogen-bond donors (Lipinski definition) is 1. The summed E-state index contributed by atoms with van der Waals surface area (Å²) in [4.78, 5) is 16.9. The molecule has 21 heavy (non-hydrogen) atoms. The maximum absolute atomic E-state index is 12.6. The van der Waals surface area contributed by atoms with Crippen molar-refractivity contribution in [3.63, 3.8) is 0 Å². The van der Waals surface area contributed by atoms with Crippen LogP contribution in [0.15, 0.2) is 24.3 Å². The molecule has 4 heteroatoms. The molecular weight excluding hydrogens is 262 g/mol. The zero-order valence-electron chi connectivity index (χ0n) is 13.4. The van der Waals surface area contributed by atoms with Crippen LogP contribution in [0.1, 0.15) is 36.5 Å². The van der Waals surface area contributed by atoms with E-state index < -0.39 is 0 Å². The lowest BCUT2D eigenvalue weighted by Crippen LogP contribution is -2.40. The largest absolute Gasteiger partial charge is 0.375 e. The molecule has 0 aliphatic carbocycles. The lowest BCUT2D eigenvalue weighted by molar-refractivity contribution is 0.0737. The summed E-state index contributed by atoms with van der Waals surface area (Å²) < 4.78 is 0. The molecule has 1 heterocycles. The van der Waals surface area contributed by atoms with Gasteiger partial charge in [0.05, 0.1) is 0 Å². The third-order valence-corrected chi connectivity index (χ3v) is 4.19. The second kappa shape index (κ2) is 7.46. The van der Waals surface area contributed by atoms with E-state index in [2.05, 4.69) is 24.2 Å². The zero-order chi connectivity index (χ0) is 15.2. The van der Waals surface area contributed by atoms with Crippen molar-refractivity contribution in [3.8, 4) is 0 Å². The second-order valence-electron chi connectivity index (χ2n) is 5.82. The summed E-state index contributed by atoms with van der Waals surface area (Å²) in [6.07, 6.45) is 3.33. The number of anilines is 1. The molecule has 1 aromatic rings. The Balaban J connectivity index is 2.06. The van der Waals surface area contributed by atoms with E-state index in [0.29, 0.717) is 6.04 Å². The van der Waals surface area contributed by atoms with Gasteiger partial charge in [-0.3, -0.25) is 4.79 Å². The monoisotopic (exact) mass is 289 g/mol. The number of nitrogens with zero attached hydrogens (tertiary/aromatic N) is 2. The van der Waals surface area contributed by atoms with E-state index in [1.54, 1.807) is 0 Å². The Kier molecular flexibility index (Phi) is 5.62. The van der Waals surface area contributed by atoms with E-state index in [4.69, 9.17) is 0 Å². The standard InChI is InChI=1S/C17H27N3O/c1-4-11-19(3)15-9-7-14(8-10-15)17(21)20-12-5-6-16(20)13-18-2/h7-10,16,18H,4-6,11-13H2,1-3H3. The average molecular weight is 289 g/mol. The molecule has 1 aliphatic rings. The smallest absolute Gasteiger partial charge is 0.254 e. The number of nitrogens with one attached hydrogen (secondary N) is 1. The molecule has 0 spiro atoms. The number of hydrogen-bond acceptors (Lipinski definition) is 3. The van der Waals surface area contributed by atoms with Gasteiger partial charge in [0.2, 0.25) is 0 Å². The minimum Gasteiger partial charge on any atom is -0.375 e. The van der Waals surface area contributed by atoms with Gasteiger partial charge in [-0.2, -0.15) is 0 Å². The molecule has 1 aliphatic heterocycles. The SMILES string of the molecule is CCCN(C)c1ccc(C(=O)N2CCCC2CNC)cc1. The Labute approximate surface area is 128 Å². The van der Waals surface area contributed by atoms with Crippen molar-refractivity contribution >= 4 is 11.6 Å². The topological polar surface area (TPSA) is 35.6 Å². The van der Waals surface area contributed by atoms with Crippen LogP contribution in [0.3, 0.4) is 0 Å². The van der Waals surface area contributed by atoms with Crippen molar-refractivity contribution in [2.24, 2.45) is 0 Å². The number of rotatable bonds is 6. The Morgan fingerprint density at radius 3 is 2.71 bits per heavy atom. The molecule has 1 fully saturated rings. The van der Waals surface area contributed by atoms with Crippen molar-refractivity contribution in [3.05, 3.63) is 29.8 Å². The number of amides is 1. The molecule has 0 bridgehead atoms. The first kappa shape index (κ1) is 15.8. The minimum absolute atomic E-state index is 0.164. The van der Waals surface area contributed by atoms with Gasteiger partial charge >= 0.3 is 0 Å². The molecule has 1 unspecified atom stereocenters. The van der Waals surface area contributed by atoms with Gasteiger partial charge in [0.1, 0.15) is 0 Å². The van der Waals surface area contributed by atoms with Crippen LogP contribution in [0.25, 0.3) is 0 Å². The van der Waals surface area contributed by atoms with Crippen LogP contribution in [0, 0.1) is 0 Å². The quantitative estimate of drug-likeness (QED) is 0.873. The van der Waals surface area contributed by atoms with Crippen LogP contribution < -0.4 is 10.2 Å². The van der Waals surface area contributed by atoms with Gasteiger partial charge in [0.25, 0.3) is 5.91 Å². The molecule has 116 valence electrons. The highest BCUT2D eigenvalue weighted by Crippen LogP contribution is 2.21. The lowest BCUT2D eigenvalue weighted by atomic mass is 10.1. The van der Waals surface area contributed by atoms with Crippen molar-refractivity contribution in [2.45, 2.75) is 32.2 Å². The maximum Gasteiger partial charge on any atom is 0.254 e. The molecule has 1 saturated heterocycles. The van der Waals surface area contributed by atoms with Gasteiger partial charge in [-0.1, -0.05) is 6.92 Å². The minimum atomic E-state index is 0.164. The Bertz CT molecular complexity index is 458. The molecule has 0 radical (unpaired) electrons. The third-order valence-electron chi connectivity index (χ3n) is 4.19. The number of likely N-dealkylation sites (N-methyl/N-ethyl adjacent to an activating group) is 1. The first-order chi connectivity index (χ1) is 10.2. The first-order valence-corrected chi connectivity index (χ1v) is 7.94. The van der Waals surface area contributed by atoms with Gasteiger partial charge in [-0.25, -0.2) is 0 Å². The van der Waals surface area contributed by atoms with Crippen LogP contribution in [0.5, 0.6) is 0 Å². The van der Waals surface area contributed by atoms with E-state index in [1.165, 1.54) is 5.69 Å². The number of carbonyl (C=O) groups excluding carboxylic acids is 1. The second-order valence-corrected chi connectivity index (χ2v) is 5.82. The van der Waals surface area contributed by atoms with Gasteiger partial charge in [-0.05, 0) is 50.6 Å². The predicted molar refractivity (Wildman–Crippen MR) is 88.0 cm³/mol. The van der Waals surface area contributed by atoms with Crippen LogP contribution in [0.2, 0.25) is 0 Å². The normalized spacial score (nSPS) is 18.0. The fourth-order valence-electron chi connectivity index (χ4n) is 3.04. The van der Waals surface area contributed by atoms with Gasteiger partial charge in [0.15, 0.2) is 0 Å². The van der Waals surface area contributed by atoms with Crippen LogP contribution in [-0.4, -0.2) is 50.6 Å². The number of benzene rings is 1. The summed E-state index contributed by atoms with van der Waals surface area (Å²) in [7, 11) is 4.03. The van der Waals surface area contributed by atoms with Crippen LogP contribution in [0.4, 0.5) is 5.69 Å².